The van der Waals surface area contributed by atoms with E-state index in [9.17, 15) is 0 Å². The Labute approximate surface area is 81.2 Å². The normalized spacial score (nSPS) is 10.3. The summed E-state index contributed by atoms with van der Waals surface area (Å²) in [6, 6.07) is 4.25. The summed E-state index contributed by atoms with van der Waals surface area (Å²) in [6.45, 7) is 4.44. The number of pyridine rings is 1. The van der Waals surface area contributed by atoms with Gasteiger partial charge in [-0.05, 0) is 30.9 Å². The van der Waals surface area contributed by atoms with Gasteiger partial charge in [-0.1, -0.05) is 32.8 Å². The molecule has 1 heterocycles. The van der Waals surface area contributed by atoms with E-state index in [1.165, 1.54) is 36.9 Å². The van der Waals surface area contributed by atoms with Crippen LogP contribution in [-0.4, -0.2) is 4.98 Å². The van der Waals surface area contributed by atoms with Crippen LogP contribution in [0.2, 0.25) is 0 Å². The molecule has 1 heteroatoms. The summed E-state index contributed by atoms with van der Waals surface area (Å²) in [5, 5.41) is 0. The van der Waals surface area contributed by atoms with Crippen LogP contribution in [0.5, 0.6) is 0 Å². The highest BCUT2D eigenvalue weighted by Gasteiger charge is 2.00. The molecular formula is C12H19N. The van der Waals surface area contributed by atoms with Crippen LogP contribution < -0.4 is 0 Å². The highest BCUT2D eigenvalue weighted by Crippen LogP contribution is 2.10. The number of unbranched alkanes of at least 4 members (excludes halogenated alkanes) is 1. The first-order valence-corrected chi connectivity index (χ1v) is 5.31. The van der Waals surface area contributed by atoms with Crippen LogP contribution in [0.4, 0.5) is 0 Å². The molecule has 0 spiro atoms. The Morgan fingerprint density at radius 2 is 2.00 bits per heavy atom. The molecule has 13 heavy (non-hydrogen) atoms. The lowest BCUT2D eigenvalue weighted by molar-refractivity contribution is 0.759. The Bertz CT molecular complexity index is 243. The first kappa shape index (κ1) is 10.2. The van der Waals surface area contributed by atoms with Crippen molar-refractivity contribution >= 4 is 0 Å². The minimum Gasteiger partial charge on any atom is -0.261 e. The molecule has 0 N–H and O–H groups in total. The molecular weight excluding hydrogens is 158 g/mol. The van der Waals surface area contributed by atoms with E-state index < -0.39 is 0 Å². The number of rotatable bonds is 5. The summed E-state index contributed by atoms with van der Waals surface area (Å²) >= 11 is 0. The number of nitrogens with zero attached hydrogens (tertiary/aromatic N) is 1. The van der Waals surface area contributed by atoms with E-state index >= 15 is 0 Å². The van der Waals surface area contributed by atoms with Crippen molar-refractivity contribution in [2.45, 2.75) is 46.0 Å². The van der Waals surface area contributed by atoms with Crippen molar-refractivity contribution in [1.29, 1.82) is 0 Å². The zero-order chi connectivity index (χ0) is 9.52. The molecule has 0 atom stereocenters. The highest BCUT2D eigenvalue weighted by atomic mass is 14.7. The Morgan fingerprint density at radius 3 is 2.69 bits per heavy atom. The molecule has 1 aromatic rings. The average Bonchev–Trinajstić information content (AvgIpc) is 2.17. The standard InChI is InChI=1S/C12H19N/c1-3-5-9-12-11(7-4-2)8-6-10-13-12/h6,8,10H,3-5,7,9H2,1-2H3. The second-order valence-electron chi connectivity index (χ2n) is 3.46. The van der Waals surface area contributed by atoms with E-state index in [4.69, 9.17) is 0 Å². The van der Waals surface area contributed by atoms with Crippen molar-refractivity contribution in [3.05, 3.63) is 29.6 Å². The molecule has 0 aliphatic heterocycles. The fourth-order valence-corrected chi connectivity index (χ4v) is 1.54. The Hall–Kier alpha value is -0.850. The Kier molecular flexibility index (Phi) is 4.52. The van der Waals surface area contributed by atoms with Crippen molar-refractivity contribution in [3.8, 4) is 0 Å². The molecule has 0 radical (unpaired) electrons. The average molecular weight is 177 g/mol. The van der Waals surface area contributed by atoms with Crippen molar-refractivity contribution in [2.75, 3.05) is 0 Å². The van der Waals surface area contributed by atoms with Gasteiger partial charge < -0.3 is 0 Å². The zero-order valence-corrected chi connectivity index (χ0v) is 8.71. The second kappa shape index (κ2) is 5.74. The number of hydrogen-bond acceptors (Lipinski definition) is 1. The van der Waals surface area contributed by atoms with Crippen molar-refractivity contribution in [1.82, 2.24) is 4.98 Å². The van der Waals surface area contributed by atoms with Crippen LogP contribution in [-0.2, 0) is 12.8 Å². The fourth-order valence-electron chi connectivity index (χ4n) is 1.54. The van der Waals surface area contributed by atoms with Crippen LogP contribution in [0.1, 0.15) is 44.4 Å². The van der Waals surface area contributed by atoms with Crippen molar-refractivity contribution in [3.63, 3.8) is 0 Å². The summed E-state index contributed by atoms with van der Waals surface area (Å²) in [5.74, 6) is 0. The van der Waals surface area contributed by atoms with Crippen molar-refractivity contribution in [2.24, 2.45) is 0 Å². The molecule has 0 amide bonds. The number of aryl methyl sites for hydroxylation is 2. The first-order valence-electron chi connectivity index (χ1n) is 5.31. The zero-order valence-electron chi connectivity index (χ0n) is 8.71. The summed E-state index contributed by atoms with van der Waals surface area (Å²) in [6.07, 6.45) is 7.95. The molecule has 1 rings (SSSR count). The van der Waals surface area contributed by atoms with Gasteiger partial charge in [0.25, 0.3) is 0 Å². The van der Waals surface area contributed by atoms with Crippen LogP contribution in [0.25, 0.3) is 0 Å². The largest absolute Gasteiger partial charge is 0.261 e. The summed E-state index contributed by atoms with van der Waals surface area (Å²) in [5.41, 5.74) is 2.75. The van der Waals surface area contributed by atoms with Gasteiger partial charge in [-0.15, -0.1) is 0 Å². The van der Waals surface area contributed by atoms with Gasteiger partial charge in [-0.25, -0.2) is 0 Å². The SMILES string of the molecule is CCCCc1ncccc1CCC. The predicted octanol–water partition coefficient (Wildman–Crippen LogP) is 3.38. The smallest absolute Gasteiger partial charge is 0.0435 e. The van der Waals surface area contributed by atoms with E-state index in [1.807, 2.05) is 12.3 Å². The lowest BCUT2D eigenvalue weighted by Crippen LogP contribution is -1.97. The van der Waals surface area contributed by atoms with Gasteiger partial charge in [0.1, 0.15) is 0 Å². The molecule has 0 aliphatic rings. The molecule has 1 aromatic heterocycles. The molecule has 0 saturated carbocycles. The molecule has 0 bridgehead atoms. The Balaban J connectivity index is 2.66. The highest BCUT2D eigenvalue weighted by molar-refractivity contribution is 5.19. The van der Waals surface area contributed by atoms with E-state index in [1.54, 1.807) is 0 Å². The third-order valence-corrected chi connectivity index (χ3v) is 2.27. The van der Waals surface area contributed by atoms with Gasteiger partial charge in [-0.3, -0.25) is 4.98 Å². The molecule has 1 nitrogen and oxygen atoms in total. The lowest BCUT2D eigenvalue weighted by atomic mass is 10.0. The van der Waals surface area contributed by atoms with Gasteiger partial charge in [0.05, 0.1) is 0 Å². The molecule has 72 valence electrons. The van der Waals surface area contributed by atoms with Crippen LogP contribution in [0.15, 0.2) is 18.3 Å². The van der Waals surface area contributed by atoms with Crippen molar-refractivity contribution < 1.29 is 0 Å². The lowest BCUT2D eigenvalue weighted by Gasteiger charge is -2.05. The topological polar surface area (TPSA) is 12.9 Å². The van der Waals surface area contributed by atoms with Crippen LogP contribution >= 0.6 is 0 Å². The van der Waals surface area contributed by atoms with Gasteiger partial charge in [0, 0.05) is 11.9 Å². The quantitative estimate of drug-likeness (QED) is 0.672. The molecule has 0 unspecified atom stereocenters. The predicted molar refractivity (Wildman–Crippen MR) is 56.8 cm³/mol. The summed E-state index contributed by atoms with van der Waals surface area (Å²) < 4.78 is 0. The molecule has 0 saturated heterocycles. The summed E-state index contributed by atoms with van der Waals surface area (Å²) in [7, 11) is 0. The maximum absolute atomic E-state index is 4.43. The van der Waals surface area contributed by atoms with E-state index in [2.05, 4.69) is 24.9 Å². The minimum absolute atomic E-state index is 1.15. The van der Waals surface area contributed by atoms with E-state index in [-0.39, 0.29) is 0 Å². The fraction of sp³-hybridized carbons (Fsp3) is 0.583. The minimum atomic E-state index is 1.15. The Morgan fingerprint density at radius 1 is 1.15 bits per heavy atom. The van der Waals surface area contributed by atoms with Gasteiger partial charge in [0.15, 0.2) is 0 Å². The second-order valence-corrected chi connectivity index (χ2v) is 3.46. The number of hydrogen-bond donors (Lipinski definition) is 0. The van der Waals surface area contributed by atoms with Crippen LogP contribution in [0.3, 0.4) is 0 Å². The molecule has 0 fully saturated rings. The molecule has 0 aliphatic carbocycles. The summed E-state index contributed by atoms with van der Waals surface area (Å²) in [4.78, 5) is 4.43. The van der Waals surface area contributed by atoms with E-state index in [0.717, 1.165) is 6.42 Å². The van der Waals surface area contributed by atoms with Gasteiger partial charge in [-0.2, -0.15) is 0 Å². The van der Waals surface area contributed by atoms with Gasteiger partial charge >= 0.3 is 0 Å². The van der Waals surface area contributed by atoms with Gasteiger partial charge in [0.2, 0.25) is 0 Å². The number of aromatic nitrogens is 1. The maximum Gasteiger partial charge on any atom is 0.0435 e. The molecule has 0 aromatic carbocycles. The maximum atomic E-state index is 4.43. The van der Waals surface area contributed by atoms with Crippen LogP contribution in [0, 0.1) is 0 Å². The first-order chi connectivity index (χ1) is 6.38. The monoisotopic (exact) mass is 177 g/mol. The van der Waals surface area contributed by atoms with E-state index in [0.29, 0.717) is 0 Å². The third kappa shape index (κ3) is 3.17. The third-order valence-electron chi connectivity index (χ3n) is 2.27.